The first-order chi connectivity index (χ1) is 9.08. The van der Waals surface area contributed by atoms with E-state index in [-0.39, 0.29) is 5.82 Å². The third-order valence-corrected chi connectivity index (χ3v) is 3.65. The van der Waals surface area contributed by atoms with Crippen LogP contribution in [0.4, 0.5) is 10.1 Å². The van der Waals surface area contributed by atoms with Crippen LogP contribution in [0.3, 0.4) is 0 Å². The van der Waals surface area contributed by atoms with Crippen LogP contribution in [0.1, 0.15) is 31.4 Å². The highest BCUT2D eigenvalue weighted by molar-refractivity contribution is 5.56. The van der Waals surface area contributed by atoms with E-state index in [1.165, 1.54) is 0 Å². The van der Waals surface area contributed by atoms with Gasteiger partial charge in [-0.15, -0.1) is 0 Å². The zero-order valence-corrected chi connectivity index (χ0v) is 12.2. The molecule has 1 fully saturated rings. The molecule has 0 atom stereocenters. The second-order valence-electron chi connectivity index (χ2n) is 5.78. The third kappa shape index (κ3) is 3.69. The van der Waals surface area contributed by atoms with E-state index in [1.807, 2.05) is 6.92 Å². The van der Waals surface area contributed by atoms with Gasteiger partial charge in [-0.3, -0.25) is 0 Å². The molecular weight excluding hydrogens is 241 g/mol. The fraction of sp³-hybridized carbons (Fsp3) is 0.625. The Kier molecular flexibility index (Phi) is 4.81. The summed E-state index contributed by atoms with van der Waals surface area (Å²) in [6.07, 6.45) is 2.06. The molecule has 0 unspecified atom stereocenters. The van der Waals surface area contributed by atoms with Crippen molar-refractivity contribution in [3.8, 4) is 0 Å². The van der Waals surface area contributed by atoms with Gasteiger partial charge in [0.1, 0.15) is 5.82 Å². The molecule has 0 amide bonds. The summed E-state index contributed by atoms with van der Waals surface area (Å²) in [7, 11) is 0. The highest BCUT2D eigenvalue weighted by Crippen LogP contribution is 2.27. The molecule has 1 aliphatic heterocycles. The summed E-state index contributed by atoms with van der Waals surface area (Å²) >= 11 is 0. The van der Waals surface area contributed by atoms with Crippen LogP contribution < -0.4 is 4.90 Å². The number of hydrogen-bond acceptors (Lipinski definition) is 2. The molecule has 0 aliphatic carbocycles. The van der Waals surface area contributed by atoms with Crippen LogP contribution in [0.2, 0.25) is 0 Å². The lowest BCUT2D eigenvalue weighted by Crippen LogP contribution is -2.37. The normalized spacial score (nSPS) is 16.2. The largest absolute Gasteiger partial charge is 0.378 e. The van der Waals surface area contributed by atoms with Crippen molar-refractivity contribution in [1.82, 2.24) is 0 Å². The lowest BCUT2D eigenvalue weighted by atomic mass is 10.00. The summed E-state index contributed by atoms with van der Waals surface area (Å²) in [5, 5.41) is 0. The summed E-state index contributed by atoms with van der Waals surface area (Å²) in [5.41, 5.74) is 2.91. The number of hydrogen-bond donors (Lipinski definition) is 0. The van der Waals surface area contributed by atoms with Crippen molar-refractivity contribution in [1.29, 1.82) is 0 Å². The number of ether oxygens (including phenoxy) is 1. The molecule has 0 spiro atoms. The Bertz CT molecular complexity index is 402. The van der Waals surface area contributed by atoms with Gasteiger partial charge in [0.15, 0.2) is 0 Å². The minimum Gasteiger partial charge on any atom is -0.378 e. The summed E-state index contributed by atoms with van der Waals surface area (Å²) in [5.74, 6) is 0.572. The van der Waals surface area contributed by atoms with E-state index in [0.29, 0.717) is 19.1 Å². The van der Waals surface area contributed by atoms with Crippen molar-refractivity contribution in [2.75, 3.05) is 31.2 Å². The first-order valence-electron chi connectivity index (χ1n) is 7.19. The van der Waals surface area contributed by atoms with E-state index in [4.69, 9.17) is 4.74 Å². The van der Waals surface area contributed by atoms with Crippen LogP contribution in [0.25, 0.3) is 0 Å². The Morgan fingerprint density at radius 1 is 1.26 bits per heavy atom. The molecule has 0 N–H and O–H groups in total. The van der Waals surface area contributed by atoms with Gasteiger partial charge in [-0.1, -0.05) is 19.9 Å². The predicted octanol–water partition coefficient (Wildman–Crippen LogP) is 3.56. The molecule has 1 aromatic rings. The first-order valence-corrected chi connectivity index (χ1v) is 7.19. The molecule has 0 aromatic heterocycles. The SMILES string of the molecule is Cc1cc(CCC(C)C)cc(F)c1N1CCOCC1. The maximum absolute atomic E-state index is 14.3. The van der Waals surface area contributed by atoms with E-state index in [0.717, 1.165) is 42.7 Å². The Balaban J connectivity index is 2.16. The summed E-state index contributed by atoms with van der Waals surface area (Å²) in [6.45, 7) is 9.34. The molecule has 1 aliphatic rings. The van der Waals surface area contributed by atoms with Gasteiger partial charge in [0.2, 0.25) is 0 Å². The standard InChI is InChI=1S/C16H24FNO/c1-12(2)4-5-14-10-13(3)16(15(17)11-14)18-6-8-19-9-7-18/h10-12H,4-9H2,1-3H3. The minimum atomic E-state index is -0.0827. The van der Waals surface area contributed by atoms with Crippen LogP contribution >= 0.6 is 0 Å². The number of halogens is 1. The lowest BCUT2D eigenvalue weighted by Gasteiger charge is -2.30. The quantitative estimate of drug-likeness (QED) is 0.825. The second kappa shape index (κ2) is 6.38. The molecule has 3 heteroatoms. The van der Waals surface area contributed by atoms with Gasteiger partial charge >= 0.3 is 0 Å². The lowest BCUT2D eigenvalue weighted by molar-refractivity contribution is 0.122. The van der Waals surface area contributed by atoms with Crippen LogP contribution in [-0.4, -0.2) is 26.3 Å². The maximum atomic E-state index is 14.3. The van der Waals surface area contributed by atoms with Crippen LogP contribution in [0.15, 0.2) is 12.1 Å². The number of benzene rings is 1. The number of morpholine rings is 1. The van der Waals surface area contributed by atoms with Gasteiger partial charge in [-0.05, 0) is 42.9 Å². The molecule has 19 heavy (non-hydrogen) atoms. The minimum absolute atomic E-state index is 0.0827. The van der Waals surface area contributed by atoms with Crippen molar-refractivity contribution in [3.63, 3.8) is 0 Å². The van der Waals surface area contributed by atoms with Crippen molar-refractivity contribution in [2.24, 2.45) is 5.92 Å². The first kappa shape index (κ1) is 14.3. The van der Waals surface area contributed by atoms with Crippen molar-refractivity contribution in [2.45, 2.75) is 33.6 Å². The maximum Gasteiger partial charge on any atom is 0.147 e. The highest BCUT2D eigenvalue weighted by atomic mass is 19.1. The van der Waals surface area contributed by atoms with Crippen LogP contribution in [-0.2, 0) is 11.2 Å². The average Bonchev–Trinajstić information content (AvgIpc) is 2.37. The van der Waals surface area contributed by atoms with Gasteiger partial charge in [-0.25, -0.2) is 4.39 Å². The fourth-order valence-corrected chi connectivity index (χ4v) is 2.59. The van der Waals surface area contributed by atoms with Crippen LogP contribution in [0, 0.1) is 18.7 Å². The molecule has 0 bridgehead atoms. The Morgan fingerprint density at radius 2 is 1.95 bits per heavy atom. The molecule has 1 heterocycles. The monoisotopic (exact) mass is 265 g/mol. The van der Waals surface area contributed by atoms with Crippen molar-refractivity contribution < 1.29 is 9.13 Å². The fourth-order valence-electron chi connectivity index (χ4n) is 2.59. The Hall–Kier alpha value is -1.09. The van der Waals surface area contributed by atoms with Gasteiger partial charge in [-0.2, -0.15) is 0 Å². The summed E-state index contributed by atoms with van der Waals surface area (Å²) in [4.78, 5) is 2.10. The zero-order chi connectivity index (χ0) is 13.8. The molecule has 0 radical (unpaired) electrons. The summed E-state index contributed by atoms with van der Waals surface area (Å²) in [6, 6.07) is 3.84. The molecule has 0 saturated carbocycles. The second-order valence-corrected chi connectivity index (χ2v) is 5.78. The molecule has 1 saturated heterocycles. The number of anilines is 1. The van der Waals surface area contributed by atoms with Gasteiger partial charge < -0.3 is 9.64 Å². The van der Waals surface area contributed by atoms with E-state index < -0.39 is 0 Å². The van der Waals surface area contributed by atoms with E-state index in [2.05, 4.69) is 24.8 Å². The Morgan fingerprint density at radius 3 is 2.53 bits per heavy atom. The van der Waals surface area contributed by atoms with Gasteiger partial charge in [0.05, 0.1) is 18.9 Å². The van der Waals surface area contributed by atoms with Crippen LogP contribution in [0.5, 0.6) is 0 Å². The zero-order valence-electron chi connectivity index (χ0n) is 12.2. The van der Waals surface area contributed by atoms with Gasteiger partial charge in [0.25, 0.3) is 0 Å². The third-order valence-electron chi connectivity index (χ3n) is 3.65. The van der Waals surface area contributed by atoms with Crippen molar-refractivity contribution >= 4 is 5.69 Å². The summed E-state index contributed by atoms with van der Waals surface area (Å²) < 4.78 is 19.7. The number of rotatable bonds is 4. The van der Waals surface area contributed by atoms with E-state index >= 15 is 0 Å². The molecule has 2 nitrogen and oxygen atoms in total. The van der Waals surface area contributed by atoms with E-state index in [9.17, 15) is 4.39 Å². The molecule has 1 aromatic carbocycles. The number of nitrogens with zero attached hydrogens (tertiary/aromatic N) is 1. The molecular formula is C16H24FNO. The Labute approximate surface area is 115 Å². The van der Waals surface area contributed by atoms with Gasteiger partial charge in [0, 0.05) is 13.1 Å². The smallest absolute Gasteiger partial charge is 0.147 e. The van der Waals surface area contributed by atoms with E-state index in [1.54, 1.807) is 6.07 Å². The molecule has 2 rings (SSSR count). The topological polar surface area (TPSA) is 12.5 Å². The number of aryl methyl sites for hydroxylation is 2. The molecule has 106 valence electrons. The van der Waals surface area contributed by atoms with Crippen molar-refractivity contribution in [3.05, 3.63) is 29.1 Å². The highest BCUT2D eigenvalue weighted by Gasteiger charge is 2.18. The average molecular weight is 265 g/mol. The predicted molar refractivity (Wildman–Crippen MR) is 77.3 cm³/mol.